The van der Waals surface area contributed by atoms with E-state index in [1.807, 2.05) is 31.2 Å². The summed E-state index contributed by atoms with van der Waals surface area (Å²) in [5, 5.41) is 3.78. The van der Waals surface area contributed by atoms with Gasteiger partial charge in [-0.2, -0.15) is 18.3 Å². The van der Waals surface area contributed by atoms with Crippen molar-refractivity contribution < 1.29 is 31.2 Å². The molecule has 1 aliphatic carbocycles. The Bertz CT molecular complexity index is 1470. The first kappa shape index (κ1) is 26.8. The highest BCUT2D eigenvalue weighted by Crippen LogP contribution is 2.36. The van der Waals surface area contributed by atoms with Gasteiger partial charge in [-0.05, 0) is 68.9 Å². The predicted molar refractivity (Wildman–Crippen MR) is 133 cm³/mol. The van der Waals surface area contributed by atoms with Gasteiger partial charge in [0.2, 0.25) is 5.89 Å². The fraction of sp³-hybridized carbons (Fsp3) is 0.345. The number of aromatic nitrogens is 3. The lowest BCUT2D eigenvalue weighted by Crippen LogP contribution is -2.18. The summed E-state index contributed by atoms with van der Waals surface area (Å²) in [7, 11) is 0. The molecular weight excluding hydrogens is 517 g/mol. The molecule has 0 spiro atoms. The molecule has 10 heteroatoms. The van der Waals surface area contributed by atoms with E-state index in [-0.39, 0.29) is 37.2 Å². The molecule has 204 valence electrons. The number of Topliss-reactive ketones (excluding diaryl/α,β-unsaturated/α-hetero) is 1. The van der Waals surface area contributed by atoms with Crippen LogP contribution < -0.4 is 0 Å². The number of carbonyl (C=O) groups excluding carboxylic acids is 1. The second-order valence-electron chi connectivity index (χ2n) is 9.99. The Hall–Kier alpha value is -3.82. The predicted octanol–water partition coefficient (Wildman–Crippen LogP) is 7.01. The van der Waals surface area contributed by atoms with Gasteiger partial charge in [0.25, 0.3) is 0 Å². The van der Waals surface area contributed by atoms with Crippen LogP contribution in [0.25, 0.3) is 11.5 Å². The van der Waals surface area contributed by atoms with Crippen molar-refractivity contribution in [1.29, 1.82) is 0 Å². The van der Waals surface area contributed by atoms with Gasteiger partial charge in [0.1, 0.15) is 17.4 Å². The van der Waals surface area contributed by atoms with Crippen LogP contribution in [0.5, 0.6) is 0 Å². The monoisotopic (exact) mass is 543 g/mol. The lowest BCUT2D eigenvalue weighted by molar-refractivity contribution is -0.142. The van der Waals surface area contributed by atoms with Crippen molar-refractivity contribution >= 4 is 5.78 Å². The molecule has 0 amide bonds. The average molecular weight is 544 g/mol. The van der Waals surface area contributed by atoms with Gasteiger partial charge in [-0.25, -0.2) is 13.8 Å². The smallest absolute Gasteiger partial charge is 0.435 e. The number of halogens is 5. The molecule has 5 nitrogen and oxygen atoms in total. The maximum absolute atomic E-state index is 13.9. The van der Waals surface area contributed by atoms with Crippen molar-refractivity contribution in [3.8, 4) is 11.5 Å². The van der Waals surface area contributed by atoms with Gasteiger partial charge < -0.3 is 4.42 Å². The SMILES string of the molecule is Cc1ccc(-c2ncc(C(CC(=O)Cn3nc(C(F)(F)F)c4c3CCCC4)Cc3cc(F)cc(F)c3)o2)cc1. The van der Waals surface area contributed by atoms with E-state index in [2.05, 4.69) is 10.1 Å². The maximum Gasteiger partial charge on any atom is 0.435 e. The maximum atomic E-state index is 13.9. The summed E-state index contributed by atoms with van der Waals surface area (Å²) in [6.45, 7) is 1.60. The summed E-state index contributed by atoms with van der Waals surface area (Å²) in [6, 6.07) is 10.6. The van der Waals surface area contributed by atoms with Gasteiger partial charge in [-0.15, -0.1) is 0 Å². The molecule has 2 heterocycles. The van der Waals surface area contributed by atoms with Crippen LogP contribution in [0.4, 0.5) is 22.0 Å². The second-order valence-corrected chi connectivity index (χ2v) is 9.99. The van der Waals surface area contributed by atoms with Crippen molar-refractivity contribution in [3.05, 3.63) is 94.1 Å². The number of carbonyl (C=O) groups is 1. The third-order valence-corrected chi connectivity index (χ3v) is 6.95. The summed E-state index contributed by atoms with van der Waals surface area (Å²) in [5.74, 6) is -1.88. The van der Waals surface area contributed by atoms with Crippen molar-refractivity contribution in [1.82, 2.24) is 14.8 Å². The average Bonchev–Trinajstić information content (AvgIpc) is 3.49. The topological polar surface area (TPSA) is 60.9 Å². The quantitative estimate of drug-likeness (QED) is 0.224. The van der Waals surface area contributed by atoms with E-state index in [9.17, 15) is 26.7 Å². The summed E-state index contributed by atoms with van der Waals surface area (Å²) in [6.07, 6.45) is -1.17. The van der Waals surface area contributed by atoms with E-state index in [0.29, 0.717) is 35.7 Å². The van der Waals surface area contributed by atoms with Crippen molar-refractivity contribution in [2.45, 2.75) is 64.1 Å². The van der Waals surface area contributed by atoms with Crippen LogP contribution in [-0.2, 0) is 36.8 Å². The first-order valence-electron chi connectivity index (χ1n) is 12.7. The largest absolute Gasteiger partial charge is 0.441 e. The Morgan fingerprint density at radius 1 is 1.05 bits per heavy atom. The van der Waals surface area contributed by atoms with E-state index in [1.54, 1.807) is 0 Å². The molecule has 1 atom stereocenters. The van der Waals surface area contributed by atoms with E-state index >= 15 is 0 Å². The summed E-state index contributed by atoms with van der Waals surface area (Å²) in [4.78, 5) is 17.6. The highest BCUT2D eigenvalue weighted by Gasteiger charge is 2.39. The number of oxazole rings is 1. The summed E-state index contributed by atoms with van der Waals surface area (Å²) in [5.41, 5.74) is 1.75. The van der Waals surface area contributed by atoms with Crippen LogP contribution in [0.2, 0.25) is 0 Å². The standard InChI is InChI=1S/C29H26F5N3O2/c1-17-6-8-19(9-7-17)28-35-15-26(39-28)20(10-18-11-21(30)14-22(31)12-18)13-23(38)16-37-25-5-3-2-4-24(25)27(36-37)29(32,33)34/h6-9,11-12,14-15,20H,2-5,10,13,16H2,1H3. The van der Waals surface area contributed by atoms with Gasteiger partial charge in [0.05, 0.1) is 12.7 Å². The molecule has 1 unspecified atom stereocenters. The fourth-order valence-corrected chi connectivity index (χ4v) is 5.13. The Kier molecular flexibility index (Phi) is 7.38. The van der Waals surface area contributed by atoms with Gasteiger partial charge >= 0.3 is 6.18 Å². The van der Waals surface area contributed by atoms with Crippen LogP contribution in [0.1, 0.15) is 59.0 Å². The molecule has 5 rings (SSSR count). The lowest BCUT2D eigenvalue weighted by atomic mass is 9.92. The first-order chi connectivity index (χ1) is 18.6. The molecule has 2 aromatic carbocycles. The zero-order valence-electron chi connectivity index (χ0n) is 21.2. The van der Waals surface area contributed by atoms with Crippen molar-refractivity contribution in [2.75, 3.05) is 0 Å². The molecule has 0 N–H and O–H groups in total. The molecule has 0 radical (unpaired) electrons. The van der Waals surface area contributed by atoms with Gasteiger partial charge in [0, 0.05) is 35.2 Å². The van der Waals surface area contributed by atoms with Crippen LogP contribution >= 0.6 is 0 Å². The minimum absolute atomic E-state index is 0.0635. The number of benzene rings is 2. The Morgan fingerprint density at radius 3 is 2.44 bits per heavy atom. The molecule has 39 heavy (non-hydrogen) atoms. The van der Waals surface area contributed by atoms with Gasteiger partial charge in [-0.3, -0.25) is 9.48 Å². The molecule has 0 saturated carbocycles. The minimum atomic E-state index is -4.61. The number of alkyl halides is 3. The molecule has 2 aromatic heterocycles. The number of aryl methyl sites for hydroxylation is 1. The van der Waals surface area contributed by atoms with Crippen LogP contribution in [0, 0.1) is 18.6 Å². The molecule has 0 bridgehead atoms. The third-order valence-electron chi connectivity index (χ3n) is 6.95. The van der Waals surface area contributed by atoms with Crippen molar-refractivity contribution in [3.63, 3.8) is 0 Å². The number of hydrogen-bond acceptors (Lipinski definition) is 4. The normalized spacial score (nSPS) is 14.3. The number of ketones is 1. The highest BCUT2D eigenvalue weighted by molar-refractivity contribution is 5.79. The van der Waals surface area contributed by atoms with E-state index in [0.717, 1.165) is 28.3 Å². The molecule has 4 aromatic rings. The molecule has 0 aliphatic heterocycles. The highest BCUT2D eigenvalue weighted by atomic mass is 19.4. The van der Waals surface area contributed by atoms with Crippen LogP contribution in [0.3, 0.4) is 0 Å². The number of nitrogens with zero attached hydrogens (tertiary/aromatic N) is 3. The van der Waals surface area contributed by atoms with E-state index in [1.165, 1.54) is 18.3 Å². The fourth-order valence-electron chi connectivity index (χ4n) is 5.13. The zero-order chi connectivity index (χ0) is 27.7. The van der Waals surface area contributed by atoms with Gasteiger partial charge in [0.15, 0.2) is 11.5 Å². The minimum Gasteiger partial charge on any atom is -0.441 e. The molecule has 1 aliphatic rings. The molecule has 0 saturated heterocycles. The summed E-state index contributed by atoms with van der Waals surface area (Å²) < 4.78 is 75.7. The van der Waals surface area contributed by atoms with Crippen LogP contribution in [0.15, 0.2) is 53.1 Å². The second kappa shape index (κ2) is 10.7. The van der Waals surface area contributed by atoms with Crippen LogP contribution in [-0.4, -0.2) is 20.5 Å². The van der Waals surface area contributed by atoms with Gasteiger partial charge in [-0.1, -0.05) is 17.7 Å². The Balaban J connectivity index is 1.42. The lowest BCUT2D eigenvalue weighted by Gasteiger charge is -2.16. The van der Waals surface area contributed by atoms with Crippen molar-refractivity contribution in [2.24, 2.45) is 0 Å². The molecular formula is C29H26F5N3O2. The van der Waals surface area contributed by atoms with E-state index in [4.69, 9.17) is 4.42 Å². The number of hydrogen-bond donors (Lipinski definition) is 0. The number of fused-ring (bicyclic) bond motifs is 1. The Labute approximate surface area is 221 Å². The zero-order valence-corrected chi connectivity index (χ0v) is 21.2. The first-order valence-corrected chi connectivity index (χ1v) is 12.7. The third kappa shape index (κ3) is 6.10. The van der Waals surface area contributed by atoms with E-state index < -0.39 is 29.4 Å². The molecule has 0 fully saturated rings. The summed E-state index contributed by atoms with van der Waals surface area (Å²) >= 11 is 0. The number of rotatable bonds is 8. The Morgan fingerprint density at radius 2 is 1.74 bits per heavy atom.